The molecule has 8 atom stereocenters. The predicted molar refractivity (Wildman–Crippen MR) is 216 cm³/mol. The Morgan fingerprint density at radius 3 is 1.48 bits per heavy atom. The Hall–Kier alpha value is -4.52. The minimum Gasteiger partial charge on any atom is -0.456 e. The topological polar surface area (TPSA) is 256 Å². The van der Waals surface area contributed by atoms with Crippen molar-refractivity contribution in [3.8, 4) is 95.2 Å². The second kappa shape index (κ2) is 31.4. The van der Waals surface area contributed by atoms with E-state index in [0.29, 0.717) is 6.42 Å². The SMILES string of the molecule is C#CC#CC#CC#CC#CC#CC#CC#CC(=O)OC[C@H](COP(=O)(O)OC1C(O)[C@H](O)[C@H](O)C(OP(=O)(O)O)[C@@H]1O)OC(=O)CCCCCCCCCCCCCCC. The summed E-state index contributed by atoms with van der Waals surface area (Å²) >= 11 is 0. The maximum atomic E-state index is 12.9. The van der Waals surface area contributed by atoms with Gasteiger partial charge in [-0.2, -0.15) is 0 Å². The molecule has 0 saturated heterocycles. The lowest BCUT2D eigenvalue weighted by Crippen LogP contribution is -2.64. The molecule has 4 unspecified atom stereocenters. The van der Waals surface area contributed by atoms with Gasteiger partial charge in [-0.1, -0.05) is 84.0 Å². The molecular weight excluding hydrogens is 822 g/mol. The summed E-state index contributed by atoms with van der Waals surface area (Å²) in [6.45, 7) is 0.497. The molecule has 0 aromatic heterocycles. The molecule has 1 saturated carbocycles. The molecule has 1 rings (SSSR count). The third-order valence-electron chi connectivity index (χ3n) is 8.15. The van der Waals surface area contributed by atoms with Crippen molar-refractivity contribution >= 4 is 27.6 Å². The first-order valence-corrected chi connectivity index (χ1v) is 22.1. The van der Waals surface area contributed by atoms with Crippen molar-refractivity contribution in [2.24, 2.45) is 0 Å². The second-order valence-electron chi connectivity index (χ2n) is 13.0. The van der Waals surface area contributed by atoms with E-state index in [1.165, 1.54) is 44.9 Å². The van der Waals surface area contributed by atoms with Crippen LogP contribution < -0.4 is 0 Å². The van der Waals surface area contributed by atoms with Crippen molar-refractivity contribution in [3.05, 3.63) is 0 Å². The van der Waals surface area contributed by atoms with Crippen molar-refractivity contribution in [2.45, 2.75) is 140 Å². The van der Waals surface area contributed by atoms with E-state index < -0.39 is 83.5 Å². The first-order chi connectivity index (χ1) is 28.6. The fourth-order valence-electron chi connectivity index (χ4n) is 5.27. The summed E-state index contributed by atoms with van der Waals surface area (Å²) < 4.78 is 48.5. The molecule has 0 aromatic carbocycles. The molecule has 0 amide bonds. The molecule has 0 spiro atoms. The van der Waals surface area contributed by atoms with E-state index in [4.69, 9.17) is 34.7 Å². The minimum atomic E-state index is -5.40. The largest absolute Gasteiger partial charge is 0.472 e. The number of unbranched alkanes of at least 4 members (excludes halogenated alkanes) is 12. The number of carbonyl (C=O) groups is 2. The monoisotopic (exact) mass is 872 g/mol. The lowest BCUT2D eigenvalue weighted by molar-refractivity contribution is -0.216. The van der Waals surface area contributed by atoms with Gasteiger partial charge in [0, 0.05) is 12.3 Å². The Morgan fingerprint density at radius 2 is 1.02 bits per heavy atom. The lowest BCUT2D eigenvalue weighted by Gasteiger charge is -2.43. The van der Waals surface area contributed by atoms with Crippen molar-refractivity contribution in [1.82, 2.24) is 0 Å². The van der Waals surface area contributed by atoms with Gasteiger partial charge in [0.15, 0.2) is 6.10 Å². The first kappa shape index (κ1) is 53.5. The summed E-state index contributed by atoms with van der Waals surface area (Å²) in [6.07, 6.45) is 3.74. The number of ether oxygens (including phenoxy) is 2. The highest BCUT2D eigenvalue weighted by atomic mass is 31.2. The zero-order chi connectivity index (χ0) is 44.7. The van der Waals surface area contributed by atoms with Crippen LogP contribution in [0.1, 0.15) is 96.8 Å². The van der Waals surface area contributed by atoms with Crippen LogP contribution in [-0.4, -0.2) is 103 Å². The Morgan fingerprint density at radius 1 is 0.583 bits per heavy atom. The molecule has 0 radical (unpaired) electrons. The van der Waals surface area contributed by atoms with E-state index in [9.17, 15) is 44.0 Å². The van der Waals surface area contributed by atoms with Crippen LogP contribution in [-0.2, 0) is 41.8 Å². The number of carbonyl (C=O) groups excluding carboxylic acids is 2. The van der Waals surface area contributed by atoms with Gasteiger partial charge in [-0.15, -0.1) is 6.42 Å². The number of rotatable bonds is 24. The van der Waals surface area contributed by atoms with Gasteiger partial charge in [0.25, 0.3) is 0 Å². The maximum absolute atomic E-state index is 12.9. The van der Waals surface area contributed by atoms with Gasteiger partial charge in [0.1, 0.15) is 43.2 Å². The van der Waals surface area contributed by atoms with Crippen molar-refractivity contribution in [2.75, 3.05) is 13.2 Å². The molecule has 0 bridgehead atoms. The fourth-order valence-corrected chi connectivity index (χ4v) is 6.81. The van der Waals surface area contributed by atoms with Crippen LogP contribution in [0.25, 0.3) is 0 Å². The van der Waals surface area contributed by atoms with E-state index in [0.717, 1.165) is 32.1 Å². The zero-order valence-corrected chi connectivity index (χ0v) is 34.9. The fraction of sp³-hybridized carbons (Fsp3) is 0.571. The Bertz CT molecular complexity index is 1970. The number of phosphoric acid groups is 2. The van der Waals surface area contributed by atoms with Crippen LogP contribution in [0.15, 0.2) is 0 Å². The standard InChI is InChI=1S/C42H50O16P2/c1-3-5-7-9-11-13-15-17-19-20-22-24-26-28-30-35(43)54-32-34(56-36(44)31-29-27-25-23-21-18-16-14-12-10-8-6-4-2)33-55-60(52,53)58-42-39(47)37(45)38(46)41(40(42)48)57-59(49,50)51/h1,34,37-42,45-48H,4,6,8,10,12,14,16,18,21,23,25,27,29,31-33H2,2H3,(H,52,53)(H2,49,50,51)/t34-,37-,38+,39?,40+,41?,42?/m1/s1. The summed E-state index contributed by atoms with van der Waals surface area (Å²) in [4.78, 5) is 53.6. The van der Waals surface area contributed by atoms with Crippen LogP contribution in [0.5, 0.6) is 0 Å². The van der Waals surface area contributed by atoms with Crippen LogP contribution >= 0.6 is 15.6 Å². The van der Waals surface area contributed by atoms with Crippen LogP contribution in [0, 0.1) is 95.2 Å². The number of aliphatic hydroxyl groups is 4. The van der Waals surface area contributed by atoms with Gasteiger partial charge < -0.3 is 44.6 Å². The van der Waals surface area contributed by atoms with Crippen LogP contribution in [0.3, 0.4) is 0 Å². The number of terminal acetylenes is 1. The average molecular weight is 873 g/mol. The minimum absolute atomic E-state index is 0.0407. The van der Waals surface area contributed by atoms with Crippen molar-refractivity contribution < 1.29 is 76.9 Å². The molecular formula is C42H50O16P2. The van der Waals surface area contributed by atoms with Gasteiger partial charge in [0.2, 0.25) is 0 Å². The highest BCUT2D eigenvalue weighted by Crippen LogP contribution is 2.49. The number of phosphoric ester groups is 2. The van der Waals surface area contributed by atoms with Gasteiger partial charge >= 0.3 is 27.6 Å². The molecule has 7 N–H and O–H groups in total. The van der Waals surface area contributed by atoms with Gasteiger partial charge in [-0.05, 0) is 89.3 Å². The molecule has 1 aliphatic carbocycles. The summed E-state index contributed by atoms with van der Waals surface area (Å²) in [5, 5.41) is 41.0. The molecule has 1 aliphatic rings. The summed E-state index contributed by atoms with van der Waals surface area (Å²) in [5.74, 6) is 32.8. The predicted octanol–water partition coefficient (Wildman–Crippen LogP) is 2.02. The van der Waals surface area contributed by atoms with E-state index in [1.54, 1.807) is 0 Å². The van der Waals surface area contributed by atoms with Gasteiger partial charge in [-0.25, -0.2) is 13.9 Å². The molecule has 60 heavy (non-hydrogen) atoms. The molecule has 1 fully saturated rings. The van der Waals surface area contributed by atoms with Crippen LogP contribution in [0.4, 0.5) is 0 Å². The highest BCUT2D eigenvalue weighted by molar-refractivity contribution is 7.47. The summed E-state index contributed by atoms with van der Waals surface area (Å²) in [5.41, 5.74) is 0. The number of aliphatic hydroxyl groups excluding tert-OH is 4. The first-order valence-electron chi connectivity index (χ1n) is 19.1. The Balaban J connectivity index is 2.84. The maximum Gasteiger partial charge on any atom is 0.472 e. The quantitative estimate of drug-likeness (QED) is 0.0241. The Labute approximate surface area is 351 Å². The van der Waals surface area contributed by atoms with Gasteiger partial charge in [0.05, 0.1) is 6.61 Å². The van der Waals surface area contributed by atoms with E-state index in [-0.39, 0.29) is 6.42 Å². The molecule has 16 nitrogen and oxygen atoms in total. The normalized spacial score (nSPS) is 20.3. The smallest absolute Gasteiger partial charge is 0.456 e. The van der Waals surface area contributed by atoms with Crippen LogP contribution in [0.2, 0.25) is 0 Å². The Kier molecular flexibility index (Phi) is 28.0. The molecule has 0 aromatic rings. The highest BCUT2D eigenvalue weighted by Gasteiger charge is 2.54. The third kappa shape index (κ3) is 25.9. The van der Waals surface area contributed by atoms with Gasteiger partial charge in [-0.3, -0.25) is 18.4 Å². The summed E-state index contributed by atoms with van der Waals surface area (Å²) in [6, 6.07) is 0. The number of hydrogen-bond acceptors (Lipinski definition) is 13. The lowest BCUT2D eigenvalue weighted by atomic mass is 9.85. The number of esters is 2. The van der Waals surface area contributed by atoms with Crippen molar-refractivity contribution in [3.63, 3.8) is 0 Å². The summed E-state index contributed by atoms with van der Waals surface area (Å²) in [7, 11) is -10.8. The zero-order valence-electron chi connectivity index (χ0n) is 33.1. The average Bonchev–Trinajstić information content (AvgIpc) is 3.20. The second-order valence-corrected chi connectivity index (χ2v) is 15.6. The van der Waals surface area contributed by atoms with E-state index in [1.807, 2.05) is 5.92 Å². The van der Waals surface area contributed by atoms with E-state index >= 15 is 0 Å². The van der Waals surface area contributed by atoms with E-state index in [2.05, 4.69) is 94.3 Å². The molecule has 0 heterocycles. The van der Waals surface area contributed by atoms with Crippen molar-refractivity contribution in [1.29, 1.82) is 0 Å². The third-order valence-corrected chi connectivity index (χ3v) is 9.66. The number of hydrogen-bond donors (Lipinski definition) is 7. The molecule has 0 aliphatic heterocycles. The molecule has 18 heteroatoms. The molecule has 324 valence electrons.